The molecule has 0 spiro atoms. The third kappa shape index (κ3) is 4.66. The van der Waals surface area contributed by atoms with Crippen molar-refractivity contribution in [3.8, 4) is 16.9 Å². The molecule has 0 aromatic heterocycles. The summed E-state index contributed by atoms with van der Waals surface area (Å²) in [4.78, 5) is 10.4. The van der Waals surface area contributed by atoms with Crippen molar-refractivity contribution < 1.29 is 27.8 Å². The molecule has 3 nitrogen and oxygen atoms in total. The number of rotatable bonds is 4. The SMILES string of the molecule is O=C(O)/C=C/c1ccc(-c2ccc(OC(F)(F)F)cc2)cc1. The van der Waals surface area contributed by atoms with Gasteiger partial charge < -0.3 is 9.84 Å². The summed E-state index contributed by atoms with van der Waals surface area (Å²) in [5.41, 5.74) is 2.23. The molecule has 2 rings (SSSR count). The maximum Gasteiger partial charge on any atom is 0.573 e. The summed E-state index contributed by atoms with van der Waals surface area (Å²) < 4.78 is 40.0. The summed E-state index contributed by atoms with van der Waals surface area (Å²) in [6, 6.07) is 12.4. The molecule has 0 heterocycles. The van der Waals surface area contributed by atoms with Gasteiger partial charge in [-0.15, -0.1) is 13.2 Å². The maximum atomic E-state index is 12.1. The third-order valence-corrected chi connectivity index (χ3v) is 2.75. The van der Waals surface area contributed by atoms with E-state index in [0.717, 1.165) is 17.2 Å². The number of carboxylic acids is 1. The van der Waals surface area contributed by atoms with Crippen LogP contribution in [0, 0.1) is 0 Å². The molecule has 0 amide bonds. The monoisotopic (exact) mass is 308 g/mol. The van der Waals surface area contributed by atoms with E-state index in [1.807, 2.05) is 0 Å². The summed E-state index contributed by atoms with van der Waals surface area (Å²) in [6.45, 7) is 0. The first kappa shape index (κ1) is 15.6. The molecule has 0 unspecified atom stereocenters. The first-order valence-electron chi connectivity index (χ1n) is 6.21. The number of alkyl halides is 3. The predicted molar refractivity (Wildman–Crippen MR) is 75.2 cm³/mol. The summed E-state index contributed by atoms with van der Waals surface area (Å²) >= 11 is 0. The first-order valence-corrected chi connectivity index (χ1v) is 6.21. The molecule has 0 bridgehead atoms. The summed E-state index contributed by atoms with van der Waals surface area (Å²) in [6.07, 6.45) is -2.23. The predicted octanol–water partition coefficient (Wildman–Crippen LogP) is 4.35. The maximum absolute atomic E-state index is 12.1. The summed E-state index contributed by atoms with van der Waals surface area (Å²) in [5.74, 6) is -1.32. The minimum atomic E-state index is -4.71. The van der Waals surface area contributed by atoms with E-state index in [0.29, 0.717) is 5.56 Å². The van der Waals surface area contributed by atoms with Gasteiger partial charge in [-0.3, -0.25) is 0 Å². The lowest BCUT2D eigenvalue weighted by Gasteiger charge is -2.09. The van der Waals surface area contributed by atoms with E-state index in [1.54, 1.807) is 24.3 Å². The first-order chi connectivity index (χ1) is 10.3. The minimum absolute atomic E-state index is 0.280. The van der Waals surface area contributed by atoms with Crippen LogP contribution in [-0.2, 0) is 4.79 Å². The largest absolute Gasteiger partial charge is 0.573 e. The molecule has 22 heavy (non-hydrogen) atoms. The van der Waals surface area contributed by atoms with Crippen LogP contribution in [0.15, 0.2) is 54.6 Å². The molecule has 0 atom stereocenters. The lowest BCUT2D eigenvalue weighted by atomic mass is 10.0. The Labute approximate surface area is 124 Å². The van der Waals surface area contributed by atoms with E-state index in [1.165, 1.54) is 30.3 Å². The van der Waals surface area contributed by atoms with Crippen molar-refractivity contribution in [3.63, 3.8) is 0 Å². The summed E-state index contributed by atoms with van der Waals surface area (Å²) in [5, 5.41) is 8.54. The number of benzene rings is 2. The van der Waals surface area contributed by atoms with Crippen LogP contribution in [0.25, 0.3) is 17.2 Å². The highest BCUT2D eigenvalue weighted by atomic mass is 19.4. The van der Waals surface area contributed by atoms with Crippen LogP contribution in [0.4, 0.5) is 13.2 Å². The van der Waals surface area contributed by atoms with Gasteiger partial charge in [0.25, 0.3) is 0 Å². The van der Waals surface area contributed by atoms with Gasteiger partial charge >= 0.3 is 12.3 Å². The topological polar surface area (TPSA) is 46.5 Å². The number of aliphatic carboxylic acids is 1. The molecule has 0 aliphatic carbocycles. The van der Waals surface area contributed by atoms with Gasteiger partial charge in [0.1, 0.15) is 5.75 Å². The van der Waals surface area contributed by atoms with Crippen molar-refractivity contribution in [3.05, 3.63) is 60.2 Å². The smallest absolute Gasteiger partial charge is 0.478 e. The van der Waals surface area contributed by atoms with Crippen LogP contribution >= 0.6 is 0 Å². The van der Waals surface area contributed by atoms with E-state index in [2.05, 4.69) is 4.74 Å². The molecule has 6 heteroatoms. The fourth-order valence-corrected chi connectivity index (χ4v) is 1.80. The van der Waals surface area contributed by atoms with E-state index < -0.39 is 12.3 Å². The van der Waals surface area contributed by atoms with Crippen LogP contribution in [0.3, 0.4) is 0 Å². The Morgan fingerprint density at radius 1 is 0.955 bits per heavy atom. The average molecular weight is 308 g/mol. The molecule has 114 valence electrons. The molecule has 2 aromatic rings. The van der Waals surface area contributed by atoms with Crippen molar-refractivity contribution in [2.75, 3.05) is 0 Å². The Morgan fingerprint density at radius 2 is 1.45 bits per heavy atom. The molecule has 2 aromatic carbocycles. The average Bonchev–Trinajstić information content (AvgIpc) is 2.45. The van der Waals surface area contributed by atoms with Gasteiger partial charge in [-0.2, -0.15) is 0 Å². The van der Waals surface area contributed by atoms with Crippen molar-refractivity contribution in [2.45, 2.75) is 6.36 Å². The van der Waals surface area contributed by atoms with Gasteiger partial charge in [0.15, 0.2) is 0 Å². The van der Waals surface area contributed by atoms with Gasteiger partial charge in [0.2, 0.25) is 0 Å². The van der Waals surface area contributed by atoms with Crippen molar-refractivity contribution in [1.29, 1.82) is 0 Å². The minimum Gasteiger partial charge on any atom is -0.478 e. The van der Waals surface area contributed by atoms with Crippen LogP contribution < -0.4 is 4.74 Å². The van der Waals surface area contributed by atoms with Gasteiger partial charge in [-0.1, -0.05) is 36.4 Å². The Balaban J connectivity index is 2.13. The Hall–Kier alpha value is -2.76. The number of carboxylic acid groups (broad SMARTS) is 1. The fraction of sp³-hybridized carbons (Fsp3) is 0.0625. The molecule has 1 N–H and O–H groups in total. The van der Waals surface area contributed by atoms with Gasteiger partial charge in [-0.05, 0) is 34.9 Å². The molecular formula is C16H11F3O3. The van der Waals surface area contributed by atoms with Crippen molar-refractivity contribution >= 4 is 12.0 Å². The number of carbonyl (C=O) groups is 1. The molecule has 0 radical (unpaired) electrons. The van der Waals surface area contributed by atoms with E-state index in [9.17, 15) is 18.0 Å². The third-order valence-electron chi connectivity index (χ3n) is 2.75. The molecule has 0 fully saturated rings. The highest BCUT2D eigenvalue weighted by Crippen LogP contribution is 2.26. The zero-order valence-corrected chi connectivity index (χ0v) is 11.2. The second-order valence-corrected chi connectivity index (χ2v) is 4.37. The van der Waals surface area contributed by atoms with Crippen LogP contribution in [0.2, 0.25) is 0 Å². The van der Waals surface area contributed by atoms with Crippen LogP contribution in [0.5, 0.6) is 5.75 Å². The fourth-order valence-electron chi connectivity index (χ4n) is 1.80. The standard InChI is InChI=1S/C16H11F3O3/c17-16(18,19)22-14-8-6-13(7-9-14)12-4-1-11(2-5-12)3-10-15(20)21/h1-10H,(H,20,21)/b10-3+. The van der Waals surface area contributed by atoms with Crippen LogP contribution in [0.1, 0.15) is 5.56 Å². The molecule has 0 saturated carbocycles. The number of ether oxygens (including phenoxy) is 1. The quantitative estimate of drug-likeness (QED) is 0.854. The van der Waals surface area contributed by atoms with Gasteiger partial charge in [-0.25, -0.2) is 4.79 Å². The van der Waals surface area contributed by atoms with E-state index in [4.69, 9.17) is 5.11 Å². The van der Waals surface area contributed by atoms with E-state index in [-0.39, 0.29) is 5.75 Å². The number of halogens is 3. The molecule has 0 saturated heterocycles. The zero-order chi connectivity index (χ0) is 16.2. The zero-order valence-electron chi connectivity index (χ0n) is 11.2. The second kappa shape index (κ2) is 6.34. The normalized spacial score (nSPS) is 11.6. The van der Waals surface area contributed by atoms with Gasteiger partial charge in [0, 0.05) is 6.08 Å². The highest BCUT2D eigenvalue weighted by Gasteiger charge is 2.30. The summed E-state index contributed by atoms with van der Waals surface area (Å²) in [7, 11) is 0. The lowest BCUT2D eigenvalue weighted by Crippen LogP contribution is -2.16. The van der Waals surface area contributed by atoms with Crippen LogP contribution in [-0.4, -0.2) is 17.4 Å². The van der Waals surface area contributed by atoms with E-state index >= 15 is 0 Å². The molecule has 0 aliphatic rings. The van der Waals surface area contributed by atoms with Crippen molar-refractivity contribution in [1.82, 2.24) is 0 Å². The molecule has 0 aliphatic heterocycles. The van der Waals surface area contributed by atoms with Gasteiger partial charge in [0.05, 0.1) is 0 Å². The Kier molecular flexibility index (Phi) is 4.50. The highest BCUT2D eigenvalue weighted by molar-refractivity contribution is 5.85. The number of hydrogen-bond donors (Lipinski definition) is 1. The number of hydrogen-bond acceptors (Lipinski definition) is 2. The Bertz CT molecular complexity index is 671. The second-order valence-electron chi connectivity index (χ2n) is 4.37. The lowest BCUT2D eigenvalue weighted by molar-refractivity contribution is -0.274. The Morgan fingerprint density at radius 3 is 1.91 bits per heavy atom. The van der Waals surface area contributed by atoms with Crippen molar-refractivity contribution in [2.24, 2.45) is 0 Å². The molecular weight excluding hydrogens is 297 g/mol.